The smallest absolute Gasteiger partial charge is 0.324 e. The van der Waals surface area contributed by atoms with Crippen molar-refractivity contribution in [2.75, 3.05) is 32.6 Å². The molecule has 1 aromatic rings. The van der Waals surface area contributed by atoms with Crippen molar-refractivity contribution in [3.05, 3.63) is 29.8 Å². The van der Waals surface area contributed by atoms with Gasteiger partial charge in [-0.05, 0) is 43.9 Å². The molecule has 1 aliphatic heterocycles. The monoisotopic (exact) mass is 426 g/mol. The van der Waals surface area contributed by atoms with Crippen molar-refractivity contribution in [3.8, 4) is 5.75 Å². The van der Waals surface area contributed by atoms with Gasteiger partial charge in [0, 0.05) is 20.1 Å². The molecule has 1 atom stereocenters. The van der Waals surface area contributed by atoms with Crippen LogP contribution in [0.25, 0.3) is 0 Å². The van der Waals surface area contributed by atoms with Gasteiger partial charge in [-0.25, -0.2) is 8.42 Å². The van der Waals surface area contributed by atoms with Crippen LogP contribution in [0.2, 0.25) is 0 Å². The van der Waals surface area contributed by atoms with Gasteiger partial charge in [0.2, 0.25) is 10.0 Å². The van der Waals surface area contributed by atoms with Gasteiger partial charge in [-0.2, -0.15) is 4.31 Å². The maximum atomic E-state index is 12.4. The third-order valence-corrected chi connectivity index (χ3v) is 6.79. The van der Waals surface area contributed by atoms with Gasteiger partial charge in [0.15, 0.2) is 6.61 Å². The van der Waals surface area contributed by atoms with E-state index in [2.05, 4.69) is 0 Å². The first-order valence-corrected chi connectivity index (χ1v) is 11.5. The van der Waals surface area contributed by atoms with Crippen LogP contribution in [-0.4, -0.2) is 68.1 Å². The number of ether oxygens (including phenoxy) is 2. The Bertz CT molecular complexity index is 794. The molecule has 162 valence electrons. The average Bonchev–Trinajstić information content (AvgIpc) is 3.18. The van der Waals surface area contributed by atoms with Crippen LogP contribution >= 0.6 is 0 Å². The van der Waals surface area contributed by atoms with Crippen molar-refractivity contribution in [2.45, 2.75) is 45.7 Å². The summed E-state index contributed by atoms with van der Waals surface area (Å²) in [5.41, 5.74) is 0.920. The largest absolute Gasteiger partial charge is 0.494 e. The SMILES string of the molecule is CCCS(=O)(=O)N1CCCC1C(=O)OCC(=O)N(C)Cc1ccc(OCC)cc1. The Morgan fingerprint density at radius 1 is 1.21 bits per heavy atom. The number of amides is 1. The Hall–Kier alpha value is -2.13. The van der Waals surface area contributed by atoms with E-state index in [4.69, 9.17) is 9.47 Å². The molecular formula is C20H30N2O6S. The summed E-state index contributed by atoms with van der Waals surface area (Å²) in [5.74, 6) is -0.253. The van der Waals surface area contributed by atoms with Crippen molar-refractivity contribution >= 4 is 21.9 Å². The maximum Gasteiger partial charge on any atom is 0.324 e. The van der Waals surface area contributed by atoms with Crippen molar-refractivity contribution in [1.29, 1.82) is 0 Å². The molecule has 0 aromatic heterocycles. The van der Waals surface area contributed by atoms with Crippen LogP contribution in [0.1, 0.15) is 38.7 Å². The third kappa shape index (κ3) is 6.43. The zero-order valence-corrected chi connectivity index (χ0v) is 18.1. The Labute approximate surface area is 172 Å². The molecule has 1 heterocycles. The van der Waals surface area contributed by atoms with Crippen LogP contribution in [0.4, 0.5) is 0 Å². The van der Waals surface area contributed by atoms with E-state index in [1.54, 1.807) is 14.0 Å². The Morgan fingerprint density at radius 2 is 1.90 bits per heavy atom. The predicted octanol–water partition coefficient (Wildman–Crippen LogP) is 1.79. The van der Waals surface area contributed by atoms with Gasteiger partial charge in [-0.1, -0.05) is 19.1 Å². The number of hydrogen-bond acceptors (Lipinski definition) is 6. The molecule has 1 unspecified atom stereocenters. The highest BCUT2D eigenvalue weighted by Gasteiger charge is 2.39. The summed E-state index contributed by atoms with van der Waals surface area (Å²) in [5, 5.41) is 0. The molecule has 29 heavy (non-hydrogen) atoms. The predicted molar refractivity (Wildman–Crippen MR) is 109 cm³/mol. The minimum Gasteiger partial charge on any atom is -0.494 e. The lowest BCUT2D eigenvalue weighted by Crippen LogP contribution is -2.43. The molecule has 0 spiro atoms. The van der Waals surface area contributed by atoms with Crippen LogP contribution in [0.5, 0.6) is 5.75 Å². The molecule has 8 nitrogen and oxygen atoms in total. The van der Waals surface area contributed by atoms with Crippen LogP contribution in [0.15, 0.2) is 24.3 Å². The van der Waals surface area contributed by atoms with E-state index in [1.165, 1.54) is 9.21 Å². The molecule has 0 saturated carbocycles. The zero-order valence-electron chi connectivity index (χ0n) is 17.3. The molecule has 0 N–H and O–H groups in total. The van der Waals surface area contributed by atoms with Crippen molar-refractivity contribution in [3.63, 3.8) is 0 Å². The minimum absolute atomic E-state index is 0.000530. The zero-order chi connectivity index (χ0) is 21.4. The molecule has 0 bridgehead atoms. The second-order valence-electron chi connectivity index (χ2n) is 7.02. The van der Waals surface area contributed by atoms with E-state index in [0.717, 1.165) is 11.3 Å². The highest BCUT2D eigenvalue weighted by molar-refractivity contribution is 7.89. The fourth-order valence-electron chi connectivity index (χ4n) is 3.24. The van der Waals surface area contributed by atoms with Gasteiger partial charge in [0.05, 0.1) is 12.4 Å². The highest BCUT2D eigenvalue weighted by Crippen LogP contribution is 2.23. The number of esters is 1. The van der Waals surface area contributed by atoms with Gasteiger partial charge in [-0.3, -0.25) is 9.59 Å². The number of hydrogen-bond donors (Lipinski definition) is 0. The van der Waals surface area contributed by atoms with Crippen molar-refractivity contribution < 1.29 is 27.5 Å². The fraction of sp³-hybridized carbons (Fsp3) is 0.600. The Kier molecular flexibility index (Phi) is 8.45. The standard InChI is InChI=1S/C20H30N2O6S/c1-4-13-29(25,26)22-12-6-7-18(22)20(24)28-15-19(23)21(3)14-16-8-10-17(11-9-16)27-5-2/h8-11,18H,4-7,12-15H2,1-3H3. The molecule has 1 fully saturated rings. The summed E-state index contributed by atoms with van der Waals surface area (Å²) in [6.45, 7) is 4.54. The summed E-state index contributed by atoms with van der Waals surface area (Å²) < 4.78 is 36.3. The first-order valence-electron chi connectivity index (χ1n) is 9.90. The van der Waals surface area contributed by atoms with E-state index < -0.39 is 28.6 Å². The van der Waals surface area contributed by atoms with Crippen LogP contribution in [-0.2, 0) is 30.9 Å². The molecule has 1 saturated heterocycles. The lowest BCUT2D eigenvalue weighted by atomic mass is 10.2. The number of likely N-dealkylation sites (N-methyl/N-ethyl adjacent to an activating group) is 1. The van der Waals surface area contributed by atoms with Crippen molar-refractivity contribution in [2.24, 2.45) is 0 Å². The maximum absolute atomic E-state index is 12.4. The number of sulfonamides is 1. The van der Waals surface area contributed by atoms with Gasteiger partial charge < -0.3 is 14.4 Å². The van der Waals surface area contributed by atoms with Gasteiger partial charge >= 0.3 is 5.97 Å². The van der Waals surface area contributed by atoms with Crippen LogP contribution in [0.3, 0.4) is 0 Å². The van der Waals surface area contributed by atoms with E-state index in [9.17, 15) is 18.0 Å². The second kappa shape index (κ2) is 10.6. The molecule has 1 amide bonds. The van der Waals surface area contributed by atoms with Crippen LogP contribution in [0, 0.1) is 0 Å². The normalized spacial score (nSPS) is 17.1. The summed E-state index contributed by atoms with van der Waals surface area (Å²) in [7, 11) is -1.86. The Morgan fingerprint density at radius 3 is 2.52 bits per heavy atom. The van der Waals surface area contributed by atoms with E-state index in [-0.39, 0.29) is 11.7 Å². The lowest BCUT2D eigenvalue weighted by molar-refractivity contribution is -0.154. The summed E-state index contributed by atoms with van der Waals surface area (Å²) in [4.78, 5) is 26.1. The lowest BCUT2D eigenvalue weighted by Gasteiger charge is -2.23. The molecule has 0 aliphatic carbocycles. The molecule has 2 rings (SSSR count). The van der Waals surface area contributed by atoms with E-state index in [0.29, 0.717) is 39.0 Å². The quantitative estimate of drug-likeness (QED) is 0.530. The summed E-state index contributed by atoms with van der Waals surface area (Å²) in [6, 6.07) is 6.58. The molecule has 1 aliphatic rings. The first kappa shape index (κ1) is 23.2. The Balaban J connectivity index is 1.86. The molecule has 9 heteroatoms. The number of carbonyl (C=O) groups excluding carboxylic acids is 2. The van der Waals surface area contributed by atoms with Crippen LogP contribution < -0.4 is 4.74 Å². The first-order chi connectivity index (χ1) is 13.8. The number of carbonyl (C=O) groups is 2. The van der Waals surface area contributed by atoms with E-state index >= 15 is 0 Å². The van der Waals surface area contributed by atoms with Gasteiger partial charge in [-0.15, -0.1) is 0 Å². The third-order valence-electron chi connectivity index (χ3n) is 4.71. The molecule has 1 aromatic carbocycles. The topological polar surface area (TPSA) is 93.2 Å². The van der Waals surface area contributed by atoms with E-state index in [1.807, 2.05) is 31.2 Å². The average molecular weight is 427 g/mol. The summed E-state index contributed by atoms with van der Waals surface area (Å²) >= 11 is 0. The number of benzene rings is 1. The second-order valence-corrected chi connectivity index (χ2v) is 9.06. The fourth-order valence-corrected chi connectivity index (χ4v) is 4.98. The number of rotatable bonds is 10. The van der Waals surface area contributed by atoms with Crippen molar-refractivity contribution in [1.82, 2.24) is 9.21 Å². The minimum atomic E-state index is -3.48. The highest BCUT2D eigenvalue weighted by atomic mass is 32.2. The van der Waals surface area contributed by atoms with Gasteiger partial charge in [0.25, 0.3) is 5.91 Å². The van der Waals surface area contributed by atoms with Gasteiger partial charge in [0.1, 0.15) is 11.8 Å². The molecule has 0 radical (unpaired) electrons. The number of nitrogens with zero attached hydrogens (tertiary/aromatic N) is 2. The summed E-state index contributed by atoms with van der Waals surface area (Å²) in [6.07, 6.45) is 1.50. The molecular weight excluding hydrogens is 396 g/mol.